The summed E-state index contributed by atoms with van der Waals surface area (Å²) in [6.45, 7) is 0.567. The number of para-hydroxylation sites is 2. The highest BCUT2D eigenvalue weighted by molar-refractivity contribution is 5.74. The Morgan fingerprint density at radius 1 is 1.36 bits per heavy atom. The van der Waals surface area contributed by atoms with Gasteiger partial charge in [-0.2, -0.15) is 0 Å². The number of nitrogens with zero attached hydrogens (tertiary/aromatic N) is 1. The first-order valence-electron chi connectivity index (χ1n) is 4.65. The lowest BCUT2D eigenvalue weighted by Gasteiger charge is -1.94. The Kier molecular flexibility index (Phi) is 2.76. The Labute approximate surface area is 82.0 Å². The first-order chi connectivity index (χ1) is 6.90. The number of nitrogens with one attached hydrogen (secondary N) is 1. The highest BCUT2D eigenvalue weighted by atomic mass is 16.6. The van der Waals surface area contributed by atoms with Crippen molar-refractivity contribution in [2.24, 2.45) is 5.90 Å². The lowest BCUT2D eigenvalue weighted by atomic mass is 10.3. The molecule has 14 heavy (non-hydrogen) atoms. The predicted molar refractivity (Wildman–Crippen MR) is 54.6 cm³/mol. The van der Waals surface area contributed by atoms with E-state index < -0.39 is 0 Å². The fourth-order valence-electron chi connectivity index (χ4n) is 1.45. The molecule has 2 rings (SSSR count). The number of benzene rings is 1. The molecule has 4 nitrogen and oxygen atoms in total. The first kappa shape index (κ1) is 9.18. The smallest absolute Gasteiger partial charge is 0.107 e. The zero-order chi connectivity index (χ0) is 9.80. The number of aromatic nitrogens is 2. The highest BCUT2D eigenvalue weighted by Gasteiger charge is 2.00. The average molecular weight is 191 g/mol. The van der Waals surface area contributed by atoms with Gasteiger partial charge in [0.25, 0.3) is 0 Å². The third-order valence-electron chi connectivity index (χ3n) is 2.11. The summed E-state index contributed by atoms with van der Waals surface area (Å²) in [7, 11) is 0. The van der Waals surface area contributed by atoms with Crippen LogP contribution in [-0.4, -0.2) is 16.6 Å². The third kappa shape index (κ3) is 1.92. The second-order valence-corrected chi connectivity index (χ2v) is 3.17. The number of fused-ring (bicyclic) bond motifs is 1. The molecule has 4 heteroatoms. The van der Waals surface area contributed by atoms with Crippen molar-refractivity contribution in [3.8, 4) is 0 Å². The Bertz CT molecular complexity index is 377. The maximum Gasteiger partial charge on any atom is 0.107 e. The molecule has 0 unspecified atom stereocenters. The van der Waals surface area contributed by atoms with Crippen molar-refractivity contribution in [2.45, 2.75) is 12.8 Å². The largest absolute Gasteiger partial charge is 0.342 e. The monoisotopic (exact) mass is 191 g/mol. The highest BCUT2D eigenvalue weighted by Crippen LogP contribution is 2.10. The van der Waals surface area contributed by atoms with Crippen LogP contribution < -0.4 is 5.90 Å². The number of hydrogen-bond acceptors (Lipinski definition) is 3. The Hall–Kier alpha value is -1.39. The Morgan fingerprint density at radius 3 is 3.00 bits per heavy atom. The zero-order valence-electron chi connectivity index (χ0n) is 7.86. The van der Waals surface area contributed by atoms with Crippen LogP contribution in [0.3, 0.4) is 0 Å². The van der Waals surface area contributed by atoms with Gasteiger partial charge in [-0.25, -0.2) is 10.9 Å². The van der Waals surface area contributed by atoms with Crippen molar-refractivity contribution >= 4 is 11.0 Å². The fourth-order valence-corrected chi connectivity index (χ4v) is 1.45. The van der Waals surface area contributed by atoms with Crippen molar-refractivity contribution in [2.75, 3.05) is 6.61 Å². The number of aryl methyl sites for hydroxylation is 1. The first-order valence-corrected chi connectivity index (χ1v) is 4.65. The maximum absolute atomic E-state index is 4.94. The lowest BCUT2D eigenvalue weighted by molar-refractivity contribution is 0.135. The molecule has 0 aliphatic rings. The van der Waals surface area contributed by atoms with Gasteiger partial charge in [0, 0.05) is 6.42 Å². The van der Waals surface area contributed by atoms with Gasteiger partial charge in [0.05, 0.1) is 17.6 Å². The van der Waals surface area contributed by atoms with Crippen LogP contribution in [0.25, 0.3) is 11.0 Å². The number of hydrogen-bond donors (Lipinski definition) is 2. The van der Waals surface area contributed by atoms with Crippen LogP contribution >= 0.6 is 0 Å². The van der Waals surface area contributed by atoms with Gasteiger partial charge in [0.1, 0.15) is 5.82 Å². The molecule has 0 aliphatic carbocycles. The molecule has 1 aromatic carbocycles. The second kappa shape index (κ2) is 4.21. The van der Waals surface area contributed by atoms with Gasteiger partial charge in [0.2, 0.25) is 0 Å². The van der Waals surface area contributed by atoms with E-state index in [9.17, 15) is 0 Å². The van der Waals surface area contributed by atoms with E-state index in [1.54, 1.807) is 0 Å². The summed E-state index contributed by atoms with van der Waals surface area (Å²) >= 11 is 0. The van der Waals surface area contributed by atoms with E-state index in [2.05, 4.69) is 14.8 Å². The summed E-state index contributed by atoms with van der Waals surface area (Å²) in [6, 6.07) is 7.99. The summed E-state index contributed by atoms with van der Waals surface area (Å²) in [6.07, 6.45) is 1.75. The molecule has 2 aromatic rings. The van der Waals surface area contributed by atoms with Crippen molar-refractivity contribution in [1.82, 2.24) is 9.97 Å². The number of H-pyrrole nitrogens is 1. The molecule has 0 aliphatic heterocycles. The van der Waals surface area contributed by atoms with Crippen LogP contribution in [-0.2, 0) is 11.3 Å². The van der Waals surface area contributed by atoms with Gasteiger partial charge in [0.15, 0.2) is 0 Å². The van der Waals surface area contributed by atoms with Crippen molar-refractivity contribution in [3.63, 3.8) is 0 Å². The summed E-state index contributed by atoms with van der Waals surface area (Å²) in [5.74, 6) is 5.93. The third-order valence-corrected chi connectivity index (χ3v) is 2.11. The normalized spacial score (nSPS) is 10.9. The molecule has 1 aromatic heterocycles. The SMILES string of the molecule is NOCCCc1nc2ccccc2[nH]1. The summed E-state index contributed by atoms with van der Waals surface area (Å²) in [5.41, 5.74) is 2.09. The minimum absolute atomic E-state index is 0.567. The predicted octanol–water partition coefficient (Wildman–Crippen LogP) is 1.39. The van der Waals surface area contributed by atoms with Gasteiger partial charge >= 0.3 is 0 Å². The molecule has 0 saturated heterocycles. The molecule has 0 spiro atoms. The van der Waals surface area contributed by atoms with Crippen LogP contribution in [0.4, 0.5) is 0 Å². The van der Waals surface area contributed by atoms with Crippen LogP contribution in [0.5, 0.6) is 0 Å². The minimum atomic E-state index is 0.567. The van der Waals surface area contributed by atoms with Crippen molar-refractivity contribution in [1.29, 1.82) is 0 Å². The Morgan fingerprint density at radius 2 is 2.21 bits per heavy atom. The standard InChI is InChI=1S/C10H13N3O/c11-14-7-3-6-10-12-8-4-1-2-5-9(8)13-10/h1-2,4-5H,3,6-7,11H2,(H,12,13). The molecule has 0 saturated carbocycles. The molecule has 0 amide bonds. The topological polar surface area (TPSA) is 63.9 Å². The number of nitrogens with two attached hydrogens (primary N) is 1. The molecule has 1 heterocycles. The van der Waals surface area contributed by atoms with E-state index in [4.69, 9.17) is 5.90 Å². The fraction of sp³-hybridized carbons (Fsp3) is 0.300. The van der Waals surface area contributed by atoms with E-state index in [0.717, 1.165) is 29.7 Å². The van der Waals surface area contributed by atoms with Gasteiger partial charge < -0.3 is 9.82 Å². The van der Waals surface area contributed by atoms with Gasteiger partial charge in [-0.15, -0.1) is 0 Å². The quantitative estimate of drug-likeness (QED) is 0.567. The van der Waals surface area contributed by atoms with E-state index in [1.807, 2.05) is 24.3 Å². The van der Waals surface area contributed by atoms with Crippen LogP contribution in [0.2, 0.25) is 0 Å². The molecule has 0 atom stereocenters. The van der Waals surface area contributed by atoms with Crippen molar-refractivity contribution < 1.29 is 4.84 Å². The second-order valence-electron chi connectivity index (χ2n) is 3.17. The molecule has 0 radical (unpaired) electrons. The molecular formula is C10H13N3O. The number of aromatic amines is 1. The zero-order valence-corrected chi connectivity index (χ0v) is 7.86. The summed E-state index contributed by atoms with van der Waals surface area (Å²) in [4.78, 5) is 12.2. The van der Waals surface area contributed by atoms with Crippen molar-refractivity contribution in [3.05, 3.63) is 30.1 Å². The van der Waals surface area contributed by atoms with E-state index in [-0.39, 0.29) is 0 Å². The maximum atomic E-state index is 4.94. The summed E-state index contributed by atoms with van der Waals surface area (Å²) < 4.78 is 0. The van der Waals surface area contributed by atoms with Crippen LogP contribution in [0.15, 0.2) is 24.3 Å². The Balaban J connectivity index is 2.11. The van der Waals surface area contributed by atoms with Crippen LogP contribution in [0.1, 0.15) is 12.2 Å². The van der Waals surface area contributed by atoms with Gasteiger partial charge in [-0.1, -0.05) is 12.1 Å². The van der Waals surface area contributed by atoms with E-state index >= 15 is 0 Å². The molecule has 74 valence electrons. The number of imidazole rings is 1. The van der Waals surface area contributed by atoms with Crippen LogP contribution in [0, 0.1) is 0 Å². The minimum Gasteiger partial charge on any atom is -0.342 e. The molecular weight excluding hydrogens is 178 g/mol. The van der Waals surface area contributed by atoms with Gasteiger partial charge in [-0.05, 0) is 18.6 Å². The molecule has 0 bridgehead atoms. The summed E-state index contributed by atoms with van der Waals surface area (Å²) in [5, 5.41) is 0. The lowest BCUT2D eigenvalue weighted by Crippen LogP contribution is -2.02. The molecule has 0 fully saturated rings. The van der Waals surface area contributed by atoms with Gasteiger partial charge in [-0.3, -0.25) is 0 Å². The number of rotatable bonds is 4. The van der Waals surface area contributed by atoms with E-state index in [0.29, 0.717) is 6.61 Å². The van der Waals surface area contributed by atoms with E-state index in [1.165, 1.54) is 0 Å². The average Bonchev–Trinajstić information content (AvgIpc) is 2.60. The molecule has 3 N–H and O–H groups in total.